The van der Waals surface area contributed by atoms with Crippen molar-refractivity contribution in [1.82, 2.24) is 9.80 Å². The van der Waals surface area contributed by atoms with Gasteiger partial charge in [-0.15, -0.1) is 0 Å². The minimum absolute atomic E-state index is 0.184. The first kappa shape index (κ1) is 15.3. The van der Waals surface area contributed by atoms with Crippen molar-refractivity contribution in [3.05, 3.63) is 30.1 Å². The molecule has 2 saturated heterocycles. The van der Waals surface area contributed by atoms with E-state index in [-0.39, 0.29) is 43.4 Å². The van der Waals surface area contributed by atoms with Gasteiger partial charge in [-0.05, 0) is 30.7 Å². The highest BCUT2D eigenvalue weighted by Crippen LogP contribution is 2.20. The summed E-state index contributed by atoms with van der Waals surface area (Å²) in [6, 6.07) is 5.02. The van der Waals surface area contributed by atoms with Gasteiger partial charge in [-0.1, -0.05) is 0 Å². The molecule has 8 heteroatoms. The van der Waals surface area contributed by atoms with Crippen LogP contribution in [0, 0.1) is 5.82 Å². The highest BCUT2D eigenvalue weighted by atomic mass is 19.1. The number of halogens is 1. The zero-order valence-corrected chi connectivity index (χ0v) is 12.2. The van der Waals surface area contributed by atoms with Crippen LogP contribution in [0.4, 0.5) is 9.18 Å². The molecule has 0 radical (unpaired) electrons. The van der Waals surface area contributed by atoms with Gasteiger partial charge >= 0.3 is 6.09 Å². The van der Waals surface area contributed by atoms with Crippen molar-refractivity contribution in [2.24, 2.45) is 0 Å². The molecule has 23 heavy (non-hydrogen) atoms. The summed E-state index contributed by atoms with van der Waals surface area (Å²) in [5, 5.41) is 0. The SMILES string of the molecule is O=C(COc1ccc(F)cc1)N1CC[C@@H](N2C(=O)COC2=O)C1. The molecule has 3 rings (SSSR count). The molecule has 0 spiro atoms. The maximum atomic E-state index is 12.8. The molecule has 0 saturated carbocycles. The third-order valence-corrected chi connectivity index (χ3v) is 3.84. The Bertz CT molecular complexity index is 617. The highest BCUT2D eigenvalue weighted by molar-refractivity contribution is 5.98. The number of carbonyl (C=O) groups is 3. The van der Waals surface area contributed by atoms with Gasteiger partial charge in [-0.2, -0.15) is 0 Å². The molecule has 0 aliphatic carbocycles. The molecule has 3 amide bonds. The van der Waals surface area contributed by atoms with Gasteiger partial charge < -0.3 is 14.4 Å². The Morgan fingerprint density at radius 2 is 2.04 bits per heavy atom. The number of imide groups is 1. The maximum absolute atomic E-state index is 12.8. The Labute approximate surface area is 131 Å². The lowest BCUT2D eigenvalue weighted by Crippen LogP contribution is -2.42. The van der Waals surface area contributed by atoms with Crippen LogP contribution in [0.25, 0.3) is 0 Å². The second-order valence-electron chi connectivity index (χ2n) is 5.34. The summed E-state index contributed by atoms with van der Waals surface area (Å²) < 4.78 is 22.8. The van der Waals surface area contributed by atoms with Crippen molar-refractivity contribution < 1.29 is 28.2 Å². The van der Waals surface area contributed by atoms with Gasteiger partial charge in [-0.25, -0.2) is 14.1 Å². The summed E-state index contributed by atoms with van der Waals surface area (Å²) in [7, 11) is 0. The molecule has 0 N–H and O–H groups in total. The lowest BCUT2D eigenvalue weighted by molar-refractivity contribution is -0.133. The molecular formula is C15H15FN2O5. The summed E-state index contributed by atoms with van der Waals surface area (Å²) in [4.78, 5) is 37.8. The monoisotopic (exact) mass is 322 g/mol. The van der Waals surface area contributed by atoms with Crippen LogP contribution in [-0.4, -0.2) is 60.1 Å². The first-order valence-corrected chi connectivity index (χ1v) is 7.19. The third kappa shape index (κ3) is 3.25. The molecular weight excluding hydrogens is 307 g/mol. The number of cyclic esters (lactones) is 1. The van der Waals surface area contributed by atoms with Crippen molar-refractivity contribution in [2.45, 2.75) is 12.5 Å². The lowest BCUT2D eigenvalue weighted by Gasteiger charge is -2.20. The fourth-order valence-corrected chi connectivity index (χ4v) is 2.66. The van der Waals surface area contributed by atoms with E-state index in [0.29, 0.717) is 18.7 Å². The number of hydrogen-bond donors (Lipinski definition) is 0. The summed E-state index contributed by atoms with van der Waals surface area (Å²) in [6.45, 7) is 0.285. The number of ether oxygens (including phenoxy) is 2. The number of hydrogen-bond acceptors (Lipinski definition) is 5. The summed E-state index contributed by atoms with van der Waals surface area (Å²) in [6.07, 6.45) is -0.139. The van der Waals surface area contributed by atoms with E-state index in [2.05, 4.69) is 4.74 Å². The number of likely N-dealkylation sites (tertiary alicyclic amines) is 1. The molecule has 1 aromatic rings. The van der Waals surface area contributed by atoms with Gasteiger partial charge in [0, 0.05) is 13.1 Å². The molecule has 122 valence electrons. The topological polar surface area (TPSA) is 76.2 Å². The number of amides is 3. The largest absolute Gasteiger partial charge is 0.484 e. The number of nitrogens with zero attached hydrogens (tertiary/aromatic N) is 2. The van der Waals surface area contributed by atoms with Crippen molar-refractivity contribution in [3.8, 4) is 5.75 Å². The second kappa shape index (κ2) is 6.23. The number of carbonyl (C=O) groups excluding carboxylic acids is 3. The van der Waals surface area contributed by atoms with E-state index in [1.807, 2.05) is 0 Å². The molecule has 2 heterocycles. The van der Waals surface area contributed by atoms with Crippen molar-refractivity contribution in [2.75, 3.05) is 26.3 Å². The Morgan fingerprint density at radius 1 is 1.30 bits per heavy atom. The lowest BCUT2D eigenvalue weighted by atomic mass is 10.2. The summed E-state index contributed by atoms with van der Waals surface area (Å²) in [5.41, 5.74) is 0. The van der Waals surface area contributed by atoms with E-state index in [4.69, 9.17) is 4.74 Å². The third-order valence-electron chi connectivity index (χ3n) is 3.84. The molecule has 0 unspecified atom stereocenters. The molecule has 1 aromatic carbocycles. The summed E-state index contributed by atoms with van der Waals surface area (Å²) >= 11 is 0. The van der Waals surface area contributed by atoms with E-state index in [1.54, 1.807) is 0 Å². The standard InChI is InChI=1S/C15H15FN2O5/c16-10-1-3-12(4-2-10)22-8-13(19)17-6-5-11(7-17)18-14(20)9-23-15(18)21/h1-4,11H,5-9H2/t11-/m1/s1. The molecule has 0 aromatic heterocycles. The average molecular weight is 322 g/mol. The maximum Gasteiger partial charge on any atom is 0.417 e. The van der Waals surface area contributed by atoms with Crippen molar-refractivity contribution in [1.29, 1.82) is 0 Å². The average Bonchev–Trinajstić information content (AvgIpc) is 3.13. The van der Waals surface area contributed by atoms with Gasteiger partial charge in [0.05, 0.1) is 6.04 Å². The molecule has 0 bridgehead atoms. The van der Waals surface area contributed by atoms with Gasteiger partial charge in [0.15, 0.2) is 13.2 Å². The zero-order valence-electron chi connectivity index (χ0n) is 12.2. The van der Waals surface area contributed by atoms with Crippen LogP contribution < -0.4 is 4.74 Å². The Hall–Kier alpha value is -2.64. The normalized spacial score (nSPS) is 20.8. The first-order chi connectivity index (χ1) is 11.0. The van der Waals surface area contributed by atoms with E-state index < -0.39 is 6.09 Å². The van der Waals surface area contributed by atoms with Crippen LogP contribution in [0.15, 0.2) is 24.3 Å². The van der Waals surface area contributed by atoms with Gasteiger partial charge in [-0.3, -0.25) is 9.59 Å². The van der Waals surface area contributed by atoms with Crippen LogP contribution >= 0.6 is 0 Å². The van der Waals surface area contributed by atoms with Crippen LogP contribution in [0.3, 0.4) is 0 Å². The molecule has 7 nitrogen and oxygen atoms in total. The Kier molecular flexibility index (Phi) is 4.14. The van der Waals surface area contributed by atoms with E-state index in [1.165, 1.54) is 29.2 Å². The van der Waals surface area contributed by atoms with Crippen LogP contribution in [0.5, 0.6) is 5.75 Å². The Morgan fingerprint density at radius 3 is 2.70 bits per heavy atom. The zero-order chi connectivity index (χ0) is 16.4. The van der Waals surface area contributed by atoms with Crippen molar-refractivity contribution >= 4 is 17.9 Å². The quantitative estimate of drug-likeness (QED) is 0.819. The number of rotatable bonds is 4. The van der Waals surface area contributed by atoms with Gasteiger partial charge in [0.25, 0.3) is 11.8 Å². The van der Waals surface area contributed by atoms with Gasteiger partial charge in [0.2, 0.25) is 0 Å². The fraction of sp³-hybridized carbons (Fsp3) is 0.400. The van der Waals surface area contributed by atoms with Crippen LogP contribution in [0.2, 0.25) is 0 Å². The molecule has 2 aliphatic rings. The first-order valence-electron chi connectivity index (χ1n) is 7.19. The van der Waals surface area contributed by atoms with Crippen LogP contribution in [0.1, 0.15) is 6.42 Å². The highest BCUT2D eigenvalue weighted by Gasteiger charge is 2.41. The molecule has 2 aliphatic heterocycles. The Balaban J connectivity index is 1.52. The summed E-state index contributed by atoms with van der Waals surface area (Å²) in [5.74, 6) is -0.615. The second-order valence-corrected chi connectivity index (χ2v) is 5.34. The smallest absolute Gasteiger partial charge is 0.417 e. The van der Waals surface area contributed by atoms with Crippen molar-refractivity contribution in [3.63, 3.8) is 0 Å². The molecule has 1 atom stereocenters. The predicted octanol–water partition coefficient (Wildman–Crippen LogP) is 0.784. The minimum atomic E-state index is -0.656. The predicted molar refractivity (Wildman–Crippen MR) is 75.1 cm³/mol. The van der Waals surface area contributed by atoms with E-state index in [0.717, 1.165) is 4.90 Å². The number of benzene rings is 1. The van der Waals surface area contributed by atoms with Gasteiger partial charge in [0.1, 0.15) is 11.6 Å². The molecule has 2 fully saturated rings. The minimum Gasteiger partial charge on any atom is -0.484 e. The van der Waals surface area contributed by atoms with E-state index in [9.17, 15) is 18.8 Å². The van der Waals surface area contributed by atoms with Crippen LogP contribution in [-0.2, 0) is 14.3 Å². The van der Waals surface area contributed by atoms with E-state index >= 15 is 0 Å². The fourth-order valence-electron chi connectivity index (χ4n) is 2.66.